The molecule has 0 atom stereocenters. The van der Waals surface area contributed by atoms with Crippen molar-refractivity contribution in [1.29, 1.82) is 0 Å². The zero-order valence-electron chi connectivity index (χ0n) is 25.7. The number of furan rings is 1. The summed E-state index contributed by atoms with van der Waals surface area (Å²) in [5.41, 5.74) is 4.28. The van der Waals surface area contributed by atoms with Gasteiger partial charge in [0.15, 0.2) is 0 Å². The minimum atomic E-state index is -3.98. The number of hydrogen-bond donors (Lipinski definition) is 0. The minimum absolute atomic E-state index is 0.00883. The summed E-state index contributed by atoms with van der Waals surface area (Å²) in [5, 5.41) is 0.665. The lowest BCUT2D eigenvalue weighted by Gasteiger charge is -2.22. The van der Waals surface area contributed by atoms with Gasteiger partial charge in [-0.25, -0.2) is 13.2 Å². The quantitative estimate of drug-likeness (QED) is 0.128. The van der Waals surface area contributed by atoms with Crippen LogP contribution in [0.1, 0.15) is 40.7 Å². The molecule has 0 saturated heterocycles. The number of rotatable bonds is 10. The number of benzene rings is 3. The van der Waals surface area contributed by atoms with Crippen molar-refractivity contribution in [3.8, 4) is 0 Å². The van der Waals surface area contributed by atoms with Gasteiger partial charge in [-0.1, -0.05) is 76.8 Å². The first kappa shape index (κ1) is 33.2. The molecule has 238 valence electrons. The van der Waals surface area contributed by atoms with Crippen LogP contribution in [0.4, 0.5) is 0 Å². The highest BCUT2D eigenvalue weighted by molar-refractivity contribution is 7.89. The molecular weight excluding hydrogens is 647 g/mol. The number of aryl methyl sites for hydroxylation is 2. The average Bonchev–Trinajstić information content (AvgIpc) is 3.56. The third-order valence-corrected chi connectivity index (χ3v) is 10.2. The third-order valence-electron chi connectivity index (χ3n) is 7.67. The Kier molecular flexibility index (Phi) is 9.88. The Balaban J connectivity index is 1.46. The van der Waals surface area contributed by atoms with Gasteiger partial charge in [-0.15, -0.1) is 0 Å². The number of ether oxygens (including phenoxy) is 1. The normalized spacial score (nSPS) is 14.5. The Morgan fingerprint density at radius 1 is 0.870 bits per heavy atom. The van der Waals surface area contributed by atoms with Gasteiger partial charge in [-0.2, -0.15) is 4.31 Å². The molecule has 0 saturated carbocycles. The van der Waals surface area contributed by atoms with E-state index in [1.165, 1.54) is 22.4 Å². The van der Waals surface area contributed by atoms with Crippen molar-refractivity contribution >= 4 is 51.2 Å². The lowest BCUT2D eigenvalue weighted by Crippen LogP contribution is -2.30. The predicted octanol–water partition coefficient (Wildman–Crippen LogP) is 7.47. The summed E-state index contributed by atoms with van der Waals surface area (Å²) in [7, 11) is -2.72. The van der Waals surface area contributed by atoms with Crippen molar-refractivity contribution in [1.82, 2.24) is 9.21 Å². The van der Waals surface area contributed by atoms with Crippen molar-refractivity contribution < 1.29 is 27.2 Å². The van der Waals surface area contributed by atoms with Gasteiger partial charge in [0, 0.05) is 12.2 Å². The maximum Gasteiger partial charge on any atom is 0.340 e. The van der Waals surface area contributed by atoms with Crippen LogP contribution in [0.15, 0.2) is 105 Å². The number of sulfonamides is 1. The Morgan fingerprint density at radius 2 is 1.50 bits per heavy atom. The number of nitrogens with zero attached hydrogens (tertiary/aromatic N) is 2. The van der Waals surface area contributed by atoms with Crippen molar-refractivity contribution in [3.05, 3.63) is 140 Å². The van der Waals surface area contributed by atoms with Crippen LogP contribution in [0.5, 0.6) is 0 Å². The zero-order valence-corrected chi connectivity index (χ0v) is 28.0. The highest BCUT2D eigenvalue weighted by Crippen LogP contribution is 2.34. The first-order valence-corrected chi connectivity index (χ1v) is 16.5. The van der Waals surface area contributed by atoms with E-state index in [0.29, 0.717) is 27.1 Å². The van der Waals surface area contributed by atoms with E-state index in [4.69, 9.17) is 32.4 Å². The molecule has 0 radical (unpaired) electrons. The smallest absolute Gasteiger partial charge is 0.340 e. The van der Waals surface area contributed by atoms with Gasteiger partial charge in [0.2, 0.25) is 10.0 Å². The Hall–Kier alpha value is -4.15. The van der Waals surface area contributed by atoms with E-state index >= 15 is 0 Å². The van der Waals surface area contributed by atoms with Crippen LogP contribution in [0.2, 0.25) is 10.0 Å². The SMILES string of the molecule is COC(=O)C1=C(C)N(Cc2ccc(C)cc2)C(=O)/C1=C/c1ccc(CN(Cc2ccc(Cl)c(Cl)c2)S(=O)(=O)c2ccc(C)cc2)o1. The highest BCUT2D eigenvalue weighted by Gasteiger charge is 2.37. The zero-order chi connectivity index (χ0) is 33.2. The fourth-order valence-corrected chi connectivity index (χ4v) is 6.81. The van der Waals surface area contributed by atoms with Gasteiger partial charge in [0.25, 0.3) is 5.91 Å². The highest BCUT2D eigenvalue weighted by atomic mass is 35.5. The molecule has 4 aromatic rings. The molecule has 46 heavy (non-hydrogen) atoms. The molecule has 3 aromatic carbocycles. The van der Waals surface area contributed by atoms with Crippen LogP contribution >= 0.6 is 23.2 Å². The van der Waals surface area contributed by atoms with Crippen molar-refractivity contribution in [2.45, 2.75) is 45.3 Å². The molecule has 0 N–H and O–H groups in total. The van der Waals surface area contributed by atoms with Crippen LogP contribution < -0.4 is 0 Å². The van der Waals surface area contributed by atoms with E-state index in [2.05, 4.69) is 0 Å². The molecule has 5 rings (SSSR count). The standard InChI is InChI=1S/C35H32Cl2N2O6S/c1-22-5-9-25(10-6-22)20-39-24(3)33(35(41)44-4)30(34(39)40)18-27-12-13-28(45-27)21-38(19-26-11-16-31(36)32(37)17-26)46(42,43)29-14-7-23(2)8-15-29/h5-18H,19-21H2,1-4H3/b30-18+. The second kappa shape index (κ2) is 13.7. The molecule has 0 aliphatic carbocycles. The summed E-state index contributed by atoms with van der Waals surface area (Å²) in [4.78, 5) is 28.1. The van der Waals surface area contributed by atoms with E-state index in [-0.39, 0.29) is 47.3 Å². The molecule has 0 spiro atoms. The molecule has 0 bridgehead atoms. The lowest BCUT2D eigenvalue weighted by molar-refractivity contribution is -0.136. The molecule has 0 fully saturated rings. The maximum absolute atomic E-state index is 13.8. The number of halogens is 2. The van der Waals surface area contributed by atoms with Crippen LogP contribution in [0.25, 0.3) is 6.08 Å². The van der Waals surface area contributed by atoms with Crippen molar-refractivity contribution in [2.24, 2.45) is 0 Å². The molecular formula is C35H32Cl2N2O6S. The van der Waals surface area contributed by atoms with E-state index < -0.39 is 16.0 Å². The van der Waals surface area contributed by atoms with E-state index in [9.17, 15) is 18.0 Å². The van der Waals surface area contributed by atoms with Crippen LogP contribution in [-0.4, -0.2) is 36.6 Å². The Morgan fingerprint density at radius 3 is 2.13 bits per heavy atom. The van der Waals surface area contributed by atoms with Crippen molar-refractivity contribution in [3.63, 3.8) is 0 Å². The Bertz CT molecular complexity index is 1960. The van der Waals surface area contributed by atoms with E-state index in [0.717, 1.165) is 16.7 Å². The van der Waals surface area contributed by atoms with Gasteiger partial charge >= 0.3 is 5.97 Å². The van der Waals surface area contributed by atoms with Gasteiger partial charge in [0.05, 0.1) is 46.3 Å². The molecule has 1 aromatic heterocycles. The van der Waals surface area contributed by atoms with Crippen molar-refractivity contribution in [2.75, 3.05) is 7.11 Å². The van der Waals surface area contributed by atoms with E-state index in [1.807, 2.05) is 38.1 Å². The van der Waals surface area contributed by atoms with E-state index in [1.54, 1.807) is 61.5 Å². The summed E-state index contributed by atoms with van der Waals surface area (Å²) < 4.78 is 40.0. The van der Waals surface area contributed by atoms with Gasteiger partial charge in [-0.3, -0.25) is 4.79 Å². The molecule has 1 aliphatic rings. The second-order valence-electron chi connectivity index (χ2n) is 11.0. The number of hydrogen-bond acceptors (Lipinski definition) is 6. The maximum atomic E-state index is 13.8. The summed E-state index contributed by atoms with van der Waals surface area (Å²) >= 11 is 12.3. The minimum Gasteiger partial charge on any atom is -0.465 e. The molecule has 11 heteroatoms. The fourth-order valence-electron chi connectivity index (χ4n) is 5.09. The van der Waals surface area contributed by atoms with Crippen LogP contribution in [-0.2, 0) is 44.0 Å². The predicted molar refractivity (Wildman–Crippen MR) is 177 cm³/mol. The molecule has 2 heterocycles. The van der Waals surface area contributed by atoms with Gasteiger partial charge in [0.1, 0.15) is 11.5 Å². The number of carbonyl (C=O) groups excluding carboxylic acids is 2. The molecule has 8 nitrogen and oxygen atoms in total. The molecule has 1 aliphatic heterocycles. The largest absolute Gasteiger partial charge is 0.465 e. The summed E-state index contributed by atoms with van der Waals surface area (Å²) in [5.74, 6) is -0.427. The first-order valence-electron chi connectivity index (χ1n) is 14.4. The average molecular weight is 680 g/mol. The van der Waals surface area contributed by atoms with Gasteiger partial charge in [-0.05, 0) is 74.4 Å². The first-order chi connectivity index (χ1) is 21.9. The number of carbonyl (C=O) groups is 2. The molecule has 1 amide bonds. The summed E-state index contributed by atoms with van der Waals surface area (Å²) in [6, 6.07) is 22.6. The summed E-state index contributed by atoms with van der Waals surface area (Å²) in [6.07, 6.45) is 1.48. The second-order valence-corrected chi connectivity index (χ2v) is 13.8. The third kappa shape index (κ3) is 7.13. The number of methoxy groups -OCH3 is 1. The summed E-state index contributed by atoms with van der Waals surface area (Å²) in [6.45, 7) is 5.70. The number of esters is 1. The fraction of sp³-hybridized carbons (Fsp3) is 0.200. The lowest BCUT2D eigenvalue weighted by atomic mass is 10.1. The van der Waals surface area contributed by atoms with Crippen LogP contribution in [0.3, 0.4) is 0 Å². The monoisotopic (exact) mass is 678 g/mol. The number of amides is 1. The number of allylic oxidation sites excluding steroid dienone is 1. The Labute approximate surface area is 278 Å². The van der Waals surface area contributed by atoms with Crippen LogP contribution in [0, 0.1) is 13.8 Å². The topological polar surface area (TPSA) is 97.1 Å². The molecule has 0 unspecified atom stereocenters. The van der Waals surface area contributed by atoms with Gasteiger partial charge < -0.3 is 14.1 Å².